The third-order valence-electron chi connectivity index (χ3n) is 3.27. The van der Waals surface area contributed by atoms with Gasteiger partial charge in [-0.1, -0.05) is 12.1 Å². The first kappa shape index (κ1) is 11.9. The lowest BCUT2D eigenvalue weighted by Crippen LogP contribution is -2.46. The number of amides is 2. The van der Waals surface area contributed by atoms with E-state index in [0.29, 0.717) is 12.6 Å². The van der Waals surface area contributed by atoms with Crippen LogP contribution in [0.5, 0.6) is 0 Å². The second kappa shape index (κ2) is 5.19. The van der Waals surface area contributed by atoms with Crippen molar-refractivity contribution in [2.75, 3.05) is 11.9 Å². The van der Waals surface area contributed by atoms with E-state index in [1.165, 1.54) is 6.42 Å². The third-order valence-corrected chi connectivity index (χ3v) is 3.27. The van der Waals surface area contributed by atoms with E-state index in [4.69, 9.17) is 5.73 Å². The third kappa shape index (κ3) is 2.77. The minimum atomic E-state index is -0.0381. The van der Waals surface area contributed by atoms with Crippen molar-refractivity contribution in [2.24, 2.45) is 5.73 Å². The Morgan fingerprint density at radius 1 is 1.53 bits per heavy atom. The lowest BCUT2D eigenvalue weighted by Gasteiger charge is -2.29. The molecule has 2 amide bonds. The normalized spacial score (nSPS) is 15.2. The Labute approximate surface area is 102 Å². The Bertz CT molecular complexity index is 401. The molecule has 0 heterocycles. The van der Waals surface area contributed by atoms with Crippen molar-refractivity contribution in [2.45, 2.75) is 31.8 Å². The highest BCUT2D eigenvalue weighted by Gasteiger charge is 2.21. The van der Waals surface area contributed by atoms with Gasteiger partial charge in [-0.2, -0.15) is 0 Å². The molecule has 1 aliphatic carbocycles. The zero-order valence-corrected chi connectivity index (χ0v) is 10.1. The minimum Gasteiger partial charge on any atom is -0.335 e. The van der Waals surface area contributed by atoms with Crippen molar-refractivity contribution in [1.29, 1.82) is 0 Å². The van der Waals surface area contributed by atoms with Gasteiger partial charge in [-0.25, -0.2) is 4.79 Å². The van der Waals surface area contributed by atoms with E-state index >= 15 is 0 Å². The molecule has 17 heavy (non-hydrogen) atoms. The van der Waals surface area contributed by atoms with Gasteiger partial charge in [0.25, 0.3) is 0 Å². The molecule has 0 aliphatic heterocycles. The van der Waals surface area contributed by atoms with E-state index < -0.39 is 0 Å². The number of hydrogen-bond acceptors (Lipinski definition) is 2. The lowest BCUT2D eigenvalue weighted by molar-refractivity contribution is 0.235. The van der Waals surface area contributed by atoms with Crippen LogP contribution in [0.2, 0.25) is 0 Å². The van der Waals surface area contributed by atoms with Crippen molar-refractivity contribution in [1.82, 2.24) is 5.32 Å². The number of nitrogens with one attached hydrogen (secondary N) is 1. The first-order chi connectivity index (χ1) is 8.20. The van der Waals surface area contributed by atoms with E-state index in [-0.39, 0.29) is 6.03 Å². The number of carbonyl (C=O) groups is 1. The maximum absolute atomic E-state index is 11.9. The molecule has 0 bridgehead atoms. The van der Waals surface area contributed by atoms with E-state index in [9.17, 15) is 4.79 Å². The molecule has 0 spiro atoms. The van der Waals surface area contributed by atoms with Gasteiger partial charge >= 0.3 is 6.03 Å². The Kier molecular flexibility index (Phi) is 3.64. The first-order valence-electron chi connectivity index (χ1n) is 6.04. The maximum Gasteiger partial charge on any atom is 0.321 e. The SMILES string of the molecule is CN(C(=O)NC1CCC1)c1cccc(CN)c1. The van der Waals surface area contributed by atoms with Crippen molar-refractivity contribution in [3.63, 3.8) is 0 Å². The van der Waals surface area contributed by atoms with Crippen LogP contribution in [0, 0.1) is 0 Å². The molecule has 4 nitrogen and oxygen atoms in total. The summed E-state index contributed by atoms with van der Waals surface area (Å²) in [5, 5.41) is 3.01. The zero-order valence-electron chi connectivity index (χ0n) is 10.1. The summed E-state index contributed by atoms with van der Waals surface area (Å²) < 4.78 is 0. The number of anilines is 1. The summed E-state index contributed by atoms with van der Waals surface area (Å²) in [6, 6.07) is 8.07. The fourth-order valence-electron chi connectivity index (χ4n) is 1.83. The Morgan fingerprint density at radius 3 is 2.88 bits per heavy atom. The molecular formula is C13H19N3O. The summed E-state index contributed by atoms with van der Waals surface area (Å²) in [4.78, 5) is 13.6. The Balaban J connectivity index is 2.01. The van der Waals surface area contributed by atoms with Crippen molar-refractivity contribution >= 4 is 11.7 Å². The molecule has 4 heteroatoms. The molecule has 0 aromatic heterocycles. The number of urea groups is 1. The number of benzene rings is 1. The highest BCUT2D eigenvalue weighted by molar-refractivity contribution is 5.91. The van der Waals surface area contributed by atoms with Gasteiger partial charge < -0.3 is 11.1 Å². The van der Waals surface area contributed by atoms with Gasteiger partial charge in [0.1, 0.15) is 0 Å². The van der Waals surface area contributed by atoms with E-state index in [2.05, 4.69) is 5.32 Å². The summed E-state index contributed by atoms with van der Waals surface area (Å²) in [7, 11) is 1.78. The van der Waals surface area contributed by atoms with Crippen LogP contribution < -0.4 is 16.0 Å². The van der Waals surface area contributed by atoms with Crippen LogP contribution in [0.1, 0.15) is 24.8 Å². The second-order valence-electron chi connectivity index (χ2n) is 4.51. The highest BCUT2D eigenvalue weighted by Crippen LogP contribution is 2.19. The van der Waals surface area contributed by atoms with E-state index in [1.807, 2.05) is 24.3 Å². The van der Waals surface area contributed by atoms with Gasteiger partial charge in [0, 0.05) is 25.3 Å². The Hall–Kier alpha value is -1.55. The largest absolute Gasteiger partial charge is 0.335 e. The topological polar surface area (TPSA) is 58.4 Å². The molecular weight excluding hydrogens is 214 g/mol. The van der Waals surface area contributed by atoms with Crippen LogP contribution in [-0.2, 0) is 6.54 Å². The first-order valence-corrected chi connectivity index (χ1v) is 6.04. The van der Waals surface area contributed by atoms with Gasteiger partial charge in [-0.3, -0.25) is 4.90 Å². The highest BCUT2D eigenvalue weighted by atomic mass is 16.2. The molecule has 0 unspecified atom stereocenters. The summed E-state index contributed by atoms with van der Waals surface area (Å²) in [6.07, 6.45) is 3.42. The van der Waals surface area contributed by atoms with Gasteiger partial charge in [0.15, 0.2) is 0 Å². The van der Waals surface area contributed by atoms with Crippen molar-refractivity contribution < 1.29 is 4.79 Å². The number of rotatable bonds is 3. The number of nitrogens with zero attached hydrogens (tertiary/aromatic N) is 1. The average Bonchev–Trinajstić information content (AvgIpc) is 2.32. The summed E-state index contributed by atoms with van der Waals surface area (Å²) >= 11 is 0. The second-order valence-corrected chi connectivity index (χ2v) is 4.51. The van der Waals surface area contributed by atoms with Gasteiger partial charge in [0.05, 0.1) is 0 Å². The summed E-state index contributed by atoms with van der Waals surface area (Å²) in [6.45, 7) is 0.492. The Morgan fingerprint density at radius 2 is 2.29 bits per heavy atom. The van der Waals surface area contributed by atoms with Gasteiger partial charge in [0.2, 0.25) is 0 Å². The molecule has 1 aromatic rings. The molecule has 1 fully saturated rings. The molecule has 0 radical (unpaired) electrons. The van der Waals surface area contributed by atoms with Crippen molar-refractivity contribution in [3.05, 3.63) is 29.8 Å². The van der Waals surface area contributed by atoms with Crippen LogP contribution in [0.25, 0.3) is 0 Å². The molecule has 1 saturated carbocycles. The predicted molar refractivity (Wildman–Crippen MR) is 68.9 cm³/mol. The van der Waals surface area contributed by atoms with Crippen molar-refractivity contribution in [3.8, 4) is 0 Å². The summed E-state index contributed by atoms with van der Waals surface area (Å²) in [5.41, 5.74) is 7.50. The predicted octanol–water partition coefficient (Wildman–Crippen LogP) is 1.84. The quantitative estimate of drug-likeness (QED) is 0.837. The van der Waals surface area contributed by atoms with Crippen LogP contribution in [0.15, 0.2) is 24.3 Å². The molecule has 3 N–H and O–H groups in total. The average molecular weight is 233 g/mol. The maximum atomic E-state index is 11.9. The fourth-order valence-corrected chi connectivity index (χ4v) is 1.83. The number of carbonyl (C=O) groups excluding carboxylic acids is 1. The van der Waals surface area contributed by atoms with E-state index in [0.717, 1.165) is 24.1 Å². The fraction of sp³-hybridized carbons (Fsp3) is 0.462. The van der Waals surface area contributed by atoms with Gasteiger partial charge in [-0.15, -0.1) is 0 Å². The van der Waals surface area contributed by atoms with Crippen LogP contribution >= 0.6 is 0 Å². The minimum absolute atomic E-state index is 0.0381. The molecule has 0 atom stereocenters. The van der Waals surface area contributed by atoms with Crippen LogP contribution in [-0.4, -0.2) is 19.1 Å². The zero-order chi connectivity index (χ0) is 12.3. The van der Waals surface area contributed by atoms with Crippen LogP contribution in [0.3, 0.4) is 0 Å². The summed E-state index contributed by atoms with van der Waals surface area (Å²) in [5.74, 6) is 0. The molecule has 2 rings (SSSR count). The molecule has 1 aromatic carbocycles. The standard InChI is InChI=1S/C13H19N3O/c1-16(13(17)15-11-5-3-6-11)12-7-2-4-10(8-12)9-14/h2,4,7-8,11H,3,5-6,9,14H2,1H3,(H,15,17). The van der Waals surface area contributed by atoms with Gasteiger partial charge in [-0.05, 0) is 37.0 Å². The lowest BCUT2D eigenvalue weighted by atomic mass is 9.93. The van der Waals surface area contributed by atoms with E-state index in [1.54, 1.807) is 11.9 Å². The molecule has 0 saturated heterocycles. The number of hydrogen-bond donors (Lipinski definition) is 2. The molecule has 92 valence electrons. The molecule has 1 aliphatic rings. The van der Waals surface area contributed by atoms with Crippen LogP contribution in [0.4, 0.5) is 10.5 Å². The monoisotopic (exact) mass is 233 g/mol. The number of nitrogens with two attached hydrogens (primary N) is 1. The smallest absolute Gasteiger partial charge is 0.321 e.